The minimum atomic E-state index is 0.526. The Morgan fingerprint density at radius 1 is 1.24 bits per heavy atom. The fourth-order valence-electron chi connectivity index (χ4n) is 2.17. The molecule has 17 heavy (non-hydrogen) atoms. The van der Waals surface area contributed by atoms with Gasteiger partial charge in [0.1, 0.15) is 0 Å². The van der Waals surface area contributed by atoms with Crippen molar-refractivity contribution in [1.82, 2.24) is 0 Å². The lowest BCUT2D eigenvalue weighted by Gasteiger charge is -2.29. The molecule has 1 aromatic carbocycles. The molecule has 0 atom stereocenters. The molecule has 1 nitrogen and oxygen atoms in total. The zero-order valence-electron chi connectivity index (χ0n) is 11.9. The van der Waals surface area contributed by atoms with E-state index in [2.05, 4.69) is 58.4 Å². The van der Waals surface area contributed by atoms with Gasteiger partial charge < -0.3 is 4.90 Å². The Balaban J connectivity index is 3.23. The second kappa shape index (κ2) is 5.90. The molecule has 0 aliphatic carbocycles. The minimum absolute atomic E-state index is 0.526. The molecule has 0 fully saturated rings. The molecule has 0 bridgehead atoms. The summed E-state index contributed by atoms with van der Waals surface area (Å²) >= 11 is 0. The second-order valence-corrected chi connectivity index (χ2v) is 5.06. The van der Waals surface area contributed by atoms with E-state index in [1.54, 1.807) is 0 Å². The van der Waals surface area contributed by atoms with Crippen LogP contribution in [0.2, 0.25) is 0 Å². The van der Waals surface area contributed by atoms with Crippen molar-refractivity contribution in [3.63, 3.8) is 0 Å². The standard InChI is InChI=1S/C16H25N/c1-7-8-9-15-13(4)10-11-14(5)16(15)17(6)12(2)3/h7,10-12H,1,8-9H2,2-6H3. The van der Waals surface area contributed by atoms with Gasteiger partial charge in [0.2, 0.25) is 0 Å². The minimum Gasteiger partial charge on any atom is -0.372 e. The summed E-state index contributed by atoms with van der Waals surface area (Å²) in [6.45, 7) is 12.7. The number of benzene rings is 1. The number of aryl methyl sites for hydroxylation is 2. The third kappa shape index (κ3) is 3.12. The van der Waals surface area contributed by atoms with Crippen molar-refractivity contribution < 1.29 is 0 Å². The van der Waals surface area contributed by atoms with Crippen molar-refractivity contribution in [3.8, 4) is 0 Å². The van der Waals surface area contributed by atoms with Crippen LogP contribution in [0.4, 0.5) is 5.69 Å². The van der Waals surface area contributed by atoms with Gasteiger partial charge in [-0.25, -0.2) is 0 Å². The number of nitrogens with zero attached hydrogens (tertiary/aromatic N) is 1. The van der Waals surface area contributed by atoms with E-state index < -0.39 is 0 Å². The third-order valence-electron chi connectivity index (χ3n) is 3.44. The van der Waals surface area contributed by atoms with Crippen LogP contribution in [0.25, 0.3) is 0 Å². The summed E-state index contributed by atoms with van der Waals surface area (Å²) in [7, 11) is 2.18. The van der Waals surface area contributed by atoms with Crippen molar-refractivity contribution in [2.45, 2.75) is 46.6 Å². The van der Waals surface area contributed by atoms with Crippen LogP contribution in [0, 0.1) is 13.8 Å². The highest BCUT2D eigenvalue weighted by Gasteiger charge is 2.14. The highest BCUT2D eigenvalue weighted by molar-refractivity contribution is 5.62. The summed E-state index contributed by atoms with van der Waals surface area (Å²) in [5.41, 5.74) is 5.63. The van der Waals surface area contributed by atoms with Crippen LogP contribution < -0.4 is 4.90 Å². The topological polar surface area (TPSA) is 3.24 Å². The number of hydrogen-bond acceptors (Lipinski definition) is 1. The number of allylic oxidation sites excluding steroid dienone is 1. The van der Waals surface area contributed by atoms with Gasteiger partial charge >= 0.3 is 0 Å². The van der Waals surface area contributed by atoms with Gasteiger partial charge in [-0.3, -0.25) is 0 Å². The zero-order valence-corrected chi connectivity index (χ0v) is 11.9. The van der Waals surface area contributed by atoms with E-state index in [0.717, 1.165) is 12.8 Å². The van der Waals surface area contributed by atoms with E-state index in [9.17, 15) is 0 Å². The van der Waals surface area contributed by atoms with Gasteiger partial charge in [0.25, 0.3) is 0 Å². The van der Waals surface area contributed by atoms with Crippen molar-refractivity contribution in [2.24, 2.45) is 0 Å². The van der Waals surface area contributed by atoms with E-state index in [-0.39, 0.29) is 0 Å². The average Bonchev–Trinajstić information content (AvgIpc) is 2.29. The van der Waals surface area contributed by atoms with Crippen LogP contribution in [-0.4, -0.2) is 13.1 Å². The molecule has 0 saturated heterocycles. The molecule has 0 aliphatic heterocycles. The first-order valence-corrected chi connectivity index (χ1v) is 6.41. The van der Waals surface area contributed by atoms with Crippen LogP contribution in [0.15, 0.2) is 24.8 Å². The predicted molar refractivity (Wildman–Crippen MR) is 78.0 cm³/mol. The molecule has 0 spiro atoms. The smallest absolute Gasteiger partial charge is 0.0430 e. The zero-order chi connectivity index (χ0) is 13.0. The number of anilines is 1. The second-order valence-electron chi connectivity index (χ2n) is 5.06. The molecule has 94 valence electrons. The van der Waals surface area contributed by atoms with Gasteiger partial charge in [-0.2, -0.15) is 0 Å². The van der Waals surface area contributed by atoms with Crippen LogP contribution in [0.1, 0.15) is 37.0 Å². The molecule has 0 N–H and O–H groups in total. The van der Waals surface area contributed by atoms with Crippen LogP contribution in [-0.2, 0) is 6.42 Å². The highest BCUT2D eigenvalue weighted by Crippen LogP contribution is 2.29. The van der Waals surface area contributed by atoms with Crippen molar-refractivity contribution in [1.29, 1.82) is 0 Å². The molecular weight excluding hydrogens is 206 g/mol. The maximum Gasteiger partial charge on any atom is 0.0430 e. The summed E-state index contributed by atoms with van der Waals surface area (Å²) in [5, 5.41) is 0. The SMILES string of the molecule is C=CCCc1c(C)ccc(C)c1N(C)C(C)C. The van der Waals surface area contributed by atoms with Crippen LogP contribution in [0.5, 0.6) is 0 Å². The molecule has 0 amide bonds. The Morgan fingerprint density at radius 2 is 1.82 bits per heavy atom. The average molecular weight is 231 g/mol. The summed E-state index contributed by atoms with van der Waals surface area (Å²) < 4.78 is 0. The quantitative estimate of drug-likeness (QED) is 0.684. The molecule has 0 aromatic heterocycles. The Bertz CT molecular complexity index is 391. The van der Waals surface area contributed by atoms with Crippen LogP contribution >= 0.6 is 0 Å². The van der Waals surface area contributed by atoms with Gasteiger partial charge in [0, 0.05) is 18.8 Å². The Kier molecular flexibility index (Phi) is 4.80. The number of hydrogen-bond donors (Lipinski definition) is 0. The maximum absolute atomic E-state index is 3.82. The molecule has 0 unspecified atom stereocenters. The van der Waals surface area contributed by atoms with Crippen LogP contribution in [0.3, 0.4) is 0 Å². The largest absolute Gasteiger partial charge is 0.372 e. The van der Waals surface area contributed by atoms with Gasteiger partial charge in [0.15, 0.2) is 0 Å². The molecule has 1 rings (SSSR count). The Hall–Kier alpha value is -1.24. The van der Waals surface area contributed by atoms with E-state index in [0.29, 0.717) is 6.04 Å². The molecular formula is C16H25N. The Labute approximate surface area is 106 Å². The summed E-state index contributed by atoms with van der Waals surface area (Å²) in [5.74, 6) is 0. The van der Waals surface area contributed by atoms with Gasteiger partial charge in [-0.1, -0.05) is 18.2 Å². The van der Waals surface area contributed by atoms with Gasteiger partial charge in [0.05, 0.1) is 0 Å². The molecule has 0 radical (unpaired) electrons. The molecule has 1 heteroatoms. The number of rotatable bonds is 5. The Morgan fingerprint density at radius 3 is 2.35 bits per heavy atom. The fourth-order valence-corrected chi connectivity index (χ4v) is 2.17. The van der Waals surface area contributed by atoms with Gasteiger partial charge in [-0.15, -0.1) is 6.58 Å². The van der Waals surface area contributed by atoms with E-state index >= 15 is 0 Å². The van der Waals surface area contributed by atoms with E-state index in [1.165, 1.54) is 22.4 Å². The molecule has 0 aliphatic rings. The first-order valence-electron chi connectivity index (χ1n) is 6.41. The third-order valence-corrected chi connectivity index (χ3v) is 3.44. The molecule has 0 heterocycles. The summed E-state index contributed by atoms with van der Waals surface area (Å²) in [4.78, 5) is 2.38. The normalized spacial score (nSPS) is 10.7. The molecule has 0 saturated carbocycles. The monoisotopic (exact) mass is 231 g/mol. The lowest BCUT2D eigenvalue weighted by molar-refractivity contribution is 0.745. The first kappa shape index (κ1) is 13.8. The first-order chi connectivity index (χ1) is 7.99. The lowest BCUT2D eigenvalue weighted by atomic mass is 9.97. The van der Waals surface area contributed by atoms with Crippen molar-refractivity contribution >= 4 is 5.69 Å². The predicted octanol–water partition coefficient (Wildman–Crippen LogP) is 4.27. The highest BCUT2D eigenvalue weighted by atomic mass is 15.1. The molecule has 1 aromatic rings. The van der Waals surface area contributed by atoms with Gasteiger partial charge in [-0.05, 0) is 57.2 Å². The van der Waals surface area contributed by atoms with Crippen molar-refractivity contribution in [2.75, 3.05) is 11.9 Å². The van der Waals surface area contributed by atoms with E-state index in [4.69, 9.17) is 0 Å². The summed E-state index contributed by atoms with van der Waals surface area (Å²) in [6.07, 6.45) is 4.13. The lowest BCUT2D eigenvalue weighted by Crippen LogP contribution is -2.27. The van der Waals surface area contributed by atoms with E-state index in [1.807, 2.05) is 6.08 Å². The fraction of sp³-hybridized carbons (Fsp3) is 0.500. The summed E-state index contributed by atoms with van der Waals surface area (Å²) in [6, 6.07) is 4.98. The van der Waals surface area contributed by atoms with Crippen molar-refractivity contribution in [3.05, 3.63) is 41.5 Å². The maximum atomic E-state index is 3.82.